The molecule has 0 unspecified atom stereocenters. The molecule has 2 aliphatic rings. The first-order valence-corrected chi connectivity index (χ1v) is 9.20. The smallest absolute Gasteiger partial charge is 0.227 e. The Labute approximate surface area is 144 Å². The summed E-state index contributed by atoms with van der Waals surface area (Å²) in [5, 5.41) is 0. The second-order valence-corrected chi connectivity index (χ2v) is 6.92. The molecule has 130 valence electrons. The van der Waals surface area contributed by atoms with Crippen LogP contribution in [0.3, 0.4) is 0 Å². The van der Waals surface area contributed by atoms with E-state index >= 15 is 0 Å². The molecule has 2 aliphatic heterocycles. The number of carbonyl (C=O) groups is 2. The number of rotatable bonds is 3. The standard InChI is InChI=1S/C19H27N3O2/c23-18-10-9-16(14-22(18)15-17-8-4-5-11-20-17)19(24)21-12-6-2-1-3-7-13-21/h4-5,8,11,16H,1-3,6-7,9-10,12-15H2/t16-/m1/s1. The zero-order chi connectivity index (χ0) is 16.8. The molecule has 0 N–H and O–H groups in total. The molecule has 1 aromatic heterocycles. The topological polar surface area (TPSA) is 53.5 Å². The summed E-state index contributed by atoms with van der Waals surface area (Å²) >= 11 is 0. The fourth-order valence-electron chi connectivity index (χ4n) is 3.68. The minimum Gasteiger partial charge on any atom is -0.342 e. The van der Waals surface area contributed by atoms with Gasteiger partial charge in [-0.2, -0.15) is 0 Å². The summed E-state index contributed by atoms with van der Waals surface area (Å²) in [4.78, 5) is 33.3. The molecule has 0 bridgehead atoms. The molecule has 2 amide bonds. The molecule has 5 heteroatoms. The van der Waals surface area contributed by atoms with E-state index in [4.69, 9.17) is 0 Å². The maximum absolute atomic E-state index is 12.9. The van der Waals surface area contributed by atoms with Crippen molar-refractivity contribution in [2.45, 2.75) is 51.5 Å². The maximum Gasteiger partial charge on any atom is 0.227 e. The Balaban J connectivity index is 1.61. The third-order valence-corrected chi connectivity index (χ3v) is 5.10. The normalized spacial score (nSPS) is 22.8. The molecule has 24 heavy (non-hydrogen) atoms. The molecule has 5 nitrogen and oxygen atoms in total. The molecular weight excluding hydrogens is 302 g/mol. The highest BCUT2D eigenvalue weighted by atomic mass is 16.2. The van der Waals surface area contributed by atoms with Crippen molar-refractivity contribution in [3.8, 4) is 0 Å². The molecular formula is C19H27N3O2. The molecule has 0 aliphatic carbocycles. The summed E-state index contributed by atoms with van der Waals surface area (Å²) in [5.41, 5.74) is 0.880. The van der Waals surface area contributed by atoms with Gasteiger partial charge in [0.2, 0.25) is 11.8 Å². The van der Waals surface area contributed by atoms with Crippen LogP contribution in [0, 0.1) is 5.92 Å². The van der Waals surface area contributed by atoms with Gasteiger partial charge in [-0.15, -0.1) is 0 Å². The van der Waals surface area contributed by atoms with E-state index < -0.39 is 0 Å². The Bertz CT molecular complexity index is 553. The van der Waals surface area contributed by atoms with Crippen LogP contribution in [0.25, 0.3) is 0 Å². The molecule has 0 saturated carbocycles. The predicted octanol–water partition coefficient (Wildman–Crippen LogP) is 2.61. The average Bonchev–Trinajstić information content (AvgIpc) is 2.57. The number of carbonyl (C=O) groups excluding carboxylic acids is 2. The summed E-state index contributed by atoms with van der Waals surface area (Å²) in [5.74, 6) is 0.332. The Morgan fingerprint density at radius 2 is 1.88 bits per heavy atom. The van der Waals surface area contributed by atoms with Gasteiger partial charge in [-0.25, -0.2) is 0 Å². The predicted molar refractivity (Wildman–Crippen MR) is 92.0 cm³/mol. The first-order chi connectivity index (χ1) is 11.7. The average molecular weight is 329 g/mol. The fraction of sp³-hybridized carbons (Fsp3) is 0.632. The van der Waals surface area contributed by atoms with E-state index in [9.17, 15) is 9.59 Å². The third kappa shape index (κ3) is 4.34. The summed E-state index contributed by atoms with van der Waals surface area (Å²) in [7, 11) is 0. The van der Waals surface area contributed by atoms with Gasteiger partial charge in [0.05, 0.1) is 18.2 Å². The lowest BCUT2D eigenvalue weighted by Gasteiger charge is -2.35. The van der Waals surface area contributed by atoms with E-state index in [1.54, 1.807) is 11.1 Å². The molecule has 0 radical (unpaired) electrons. The van der Waals surface area contributed by atoms with Gasteiger partial charge in [0, 0.05) is 32.3 Å². The van der Waals surface area contributed by atoms with Gasteiger partial charge in [-0.3, -0.25) is 14.6 Å². The van der Waals surface area contributed by atoms with E-state index in [0.717, 1.165) is 31.6 Å². The van der Waals surface area contributed by atoms with Crippen molar-refractivity contribution in [1.29, 1.82) is 0 Å². The van der Waals surface area contributed by atoms with Gasteiger partial charge in [-0.05, 0) is 31.4 Å². The van der Waals surface area contributed by atoms with Crippen LogP contribution >= 0.6 is 0 Å². The first-order valence-electron chi connectivity index (χ1n) is 9.20. The van der Waals surface area contributed by atoms with E-state index in [0.29, 0.717) is 25.9 Å². The number of aromatic nitrogens is 1. The molecule has 2 saturated heterocycles. The van der Waals surface area contributed by atoms with Gasteiger partial charge < -0.3 is 9.80 Å². The largest absolute Gasteiger partial charge is 0.342 e. The number of hydrogen-bond donors (Lipinski definition) is 0. The molecule has 0 aromatic carbocycles. The number of pyridine rings is 1. The molecule has 3 rings (SSSR count). The van der Waals surface area contributed by atoms with E-state index in [1.165, 1.54) is 19.3 Å². The van der Waals surface area contributed by atoms with Crippen molar-refractivity contribution < 1.29 is 9.59 Å². The monoisotopic (exact) mass is 329 g/mol. The van der Waals surface area contributed by atoms with Gasteiger partial charge in [0.25, 0.3) is 0 Å². The second kappa shape index (κ2) is 8.27. The zero-order valence-corrected chi connectivity index (χ0v) is 14.3. The van der Waals surface area contributed by atoms with Crippen LogP contribution in [0.5, 0.6) is 0 Å². The molecule has 1 atom stereocenters. The van der Waals surface area contributed by atoms with Gasteiger partial charge in [-0.1, -0.05) is 25.3 Å². The highest BCUT2D eigenvalue weighted by Gasteiger charge is 2.32. The highest BCUT2D eigenvalue weighted by Crippen LogP contribution is 2.22. The van der Waals surface area contributed by atoms with Crippen molar-refractivity contribution in [3.63, 3.8) is 0 Å². The minimum atomic E-state index is -0.0501. The Morgan fingerprint density at radius 1 is 1.12 bits per heavy atom. The molecule has 0 spiro atoms. The van der Waals surface area contributed by atoms with Gasteiger partial charge in [0.1, 0.15) is 0 Å². The van der Waals surface area contributed by atoms with Crippen molar-refractivity contribution >= 4 is 11.8 Å². The summed E-state index contributed by atoms with van der Waals surface area (Å²) < 4.78 is 0. The number of likely N-dealkylation sites (tertiary alicyclic amines) is 2. The Morgan fingerprint density at radius 3 is 2.58 bits per heavy atom. The summed E-state index contributed by atoms with van der Waals surface area (Å²) in [6.07, 6.45) is 8.84. The minimum absolute atomic E-state index is 0.0501. The van der Waals surface area contributed by atoms with Crippen LogP contribution < -0.4 is 0 Å². The van der Waals surface area contributed by atoms with Crippen molar-refractivity contribution in [3.05, 3.63) is 30.1 Å². The van der Waals surface area contributed by atoms with Crippen molar-refractivity contribution in [2.24, 2.45) is 5.92 Å². The van der Waals surface area contributed by atoms with Crippen LogP contribution in [0.1, 0.15) is 50.6 Å². The summed E-state index contributed by atoms with van der Waals surface area (Å²) in [6.45, 7) is 2.79. The lowest BCUT2D eigenvalue weighted by Crippen LogP contribution is -2.47. The highest BCUT2D eigenvalue weighted by molar-refractivity contribution is 5.83. The maximum atomic E-state index is 12.9. The van der Waals surface area contributed by atoms with E-state index in [-0.39, 0.29) is 17.7 Å². The first kappa shape index (κ1) is 16.9. The van der Waals surface area contributed by atoms with E-state index in [2.05, 4.69) is 4.98 Å². The third-order valence-electron chi connectivity index (χ3n) is 5.10. The lowest BCUT2D eigenvalue weighted by molar-refractivity contribution is -0.143. The molecule has 2 fully saturated rings. The van der Waals surface area contributed by atoms with Gasteiger partial charge in [0.15, 0.2) is 0 Å². The summed E-state index contributed by atoms with van der Waals surface area (Å²) in [6, 6.07) is 5.73. The van der Waals surface area contributed by atoms with Gasteiger partial charge >= 0.3 is 0 Å². The second-order valence-electron chi connectivity index (χ2n) is 6.92. The van der Waals surface area contributed by atoms with Crippen LogP contribution in [0.15, 0.2) is 24.4 Å². The number of piperidine rings is 1. The van der Waals surface area contributed by atoms with Crippen LogP contribution in [0.4, 0.5) is 0 Å². The number of hydrogen-bond acceptors (Lipinski definition) is 3. The van der Waals surface area contributed by atoms with Crippen molar-refractivity contribution in [2.75, 3.05) is 19.6 Å². The van der Waals surface area contributed by atoms with Crippen molar-refractivity contribution in [1.82, 2.24) is 14.8 Å². The SMILES string of the molecule is O=C1CC[C@@H](C(=O)N2CCCCCCC2)CN1Cc1ccccn1. The molecule has 1 aromatic rings. The quantitative estimate of drug-likeness (QED) is 0.856. The van der Waals surface area contributed by atoms with Crippen LogP contribution in [-0.4, -0.2) is 46.2 Å². The zero-order valence-electron chi connectivity index (χ0n) is 14.3. The van der Waals surface area contributed by atoms with Crippen LogP contribution in [0.2, 0.25) is 0 Å². The molecule has 3 heterocycles. The van der Waals surface area contributed by atoms with Crippen LogP contribution in [-0.2, 0) is 16.1 Å². The number of amides is 2. The fourth-order valence-corrected chi connectivity index (χ4v) is 3.68. The Hall–Kier alpha value is -1.91. The Kier molecular flexibility index (Phi) is 5.83. The number of nitrogens with zero attached hydrogens (tertiary/aromatic N) is 3. The van der Waals surface area contributed by atoms with E-state index in [1.807, 2.05) is 23.1 Å². The lowest BCUT2D eigenvalue weighted by atomic mass is 9.95.